The highest BCUT2D eigenvalue weighted by atomic mass is 16.5. The minimum atomic E-state index is -0.413. The van der Waals surface area contributed by atoms with Crippen molar-refractivity contribution >= 4 is 0 Å². The van der Waals surface area contributed by atoms with Gasteiger partial charge in [-0.05, 0) is 18.6 Å². The van der Waals surface area contributed by atoms with E-state index < -0.39 is 6.10 Å². The lowest BCUT2D eigenvalue weighted by molar-refractivity contribution is -0.922. The van der Waals surface area contributed by atoms with Crippen LogP contribution in [0.2, 0.25) is 0 Å². The van der Waals surface area contributed by atoms with Crippen LogP contribution in [0.4, 0.5) is 0 Å². The molecule has 0 saturated heterocycles. The molecule has 5 nitrogen and oxygen atoms in total. The molecule has 26 heavy (non-hydrogen) atoms. The predicted molar refractivity (Wildman–Crippen MR) is 99.9 cm³/mol. The fourth-order valence-electron chi connectivity index (χ4n) is 5.01. The normalized spacial score (nSPS) is 34.2. The van der Waals surface area contributed by atoms with Gasteiger partial charge in [0.05, 0.1) is 38.8 Å². The quantitative estimate of drug-likeness (QED) is 0.661. The number of aliphatic hydroxyl groups is 1. The van der Waals surface area contributed by atoms with Gasteiger partial charge in [-0.2, -0.15) is 0 Å². The van der Waals surface area contributed by atoms with Gasteiger partial charge in [0.1, 0.15) is 12.6 Å². The molecule has 1 unspecified atom stereocenters. The van der Waals surface area contributed by atoms with Crippen LogP contribution in [0, 0.1) is 0 Å². The standard InChI is InChI=1S/C21H30NO3.H2O/c1-4-5-11-22(2)12-10-21-9-8-16(23)13-18(21)25-20-17(24-3)7-6-15(14-22)19(20)21;/h6-9,16,18,23H,4-5,10-14H2,1-3H3;1H2/q+1;/p-1/t16-,18-,21-,22?;/m0./s1. The minimum absolute atomic E-state index is 0. The first kappa shape index (κ1) is 19.2. The van der Waals surface area contributed by atoms with Crippen LogP contribution in [0.15, 0.2) is 24.3 Å². The smallest absolute Gasteiger partial charge is 0.166 e. The third kappa shape index (κ3) is 2.82. The molecule has 144 valence electrons. The van der Waals surface area contributed by atoms with Crippen LogP contribution in [-0.2, 0) is 12.0 Å². The summed E-state index contributed by atoms with van der Waals surface area (Å²) in [5.41, 5.74) is 2.59. The van der Waals surface area contributed by atoms with Gasteiger partial charge in [0.2, 0.25) is 0 Å². The second kappa shape index (κ2) is 6.87. The summed E-state index contributed by atoms with van der Waals surface area (Å²) in [7, 11) is 4.10. The van der Waals surface area contributed by atoms with E-state index in [0.29, 0.717) is 6.42 Å². The Morgan fingerprint density at radius 1 is 1.38 bits per heavy atom. The average Bonchev–Trinajstić information content (AvgIpc) is 2.87. The number of methoxy groups -OCH3 is 1. The summed E-state index contributed by atoms with van der Waals surface area (Å²) in [6.07, 6.45) is 8.02. The van der Waals surface area contributed by atoms with E-state index in [2.05, 4.69) is 32.2 Å². The van der Waals surface area contributed by atoms with Crippen LogP contribution in [-0.4, -0.2) is 54.5 Å². The Morgan fingerprint density at radius 3 is 2.92 bits per heavy atom. The Hall–Kier alpha value is -1.56. The highest BCUT2D eigenvalue weighted by molar-refractivity contribution is 5.60. The van der Waals surface area contributed by atoms with Gasteiger partial charge in [-0.25, -0.2) is 0 Å². The molecule has 0 aromatic heterocycles. The minimum Gasteiger partial charge on any atom is -0.870 e. The molecule has 1 aromatic rings. The molecule has 1 aliphatic carbocycles. The average molecular weight is 361 g/mol. The van der Waals surface area contributed by atoms with Gasteiger partial charge in [-0.15, -0.1) is 0 Å². The van der Waals surface area contributed by atoms with Crippen LogP contribution in [0.1, 0.15) is 43.7 Å². The maximum atomic E-state index is 10.1. The molecule has 3 aliphatic rings. The van der Waals surface area contributed by atoms with Gasteiger partial charge in [-0.3, -0.25) is 0 Å². The number of hydrogen-bond acceptors (Lipinski definition) is 4. The van der Waals surface area contributed by atoms with Gasteiger partial charge >= 0.3 is 0 Å². The zero-order valence-corrected chi connectivity index (χ0v) is 16.1. The summed E-state index contributed by atoms with van der Waals surface area (Å²) in [6, 6.07) is 4.28. The fourth-order valence-corrected chi connectivity index (χ4v) is 5.01. The number of nitrogens with zero attached hydrogens (tertiary/aromatic N) is 1. The van der Waals surface area contributed by atoms with Crippen molar-refractivity contribution in [2.45, 2.75) is 56.8 Å². The van der Waals surface area contributed by atoms with Crippen LogP contribution < -0.4 is 9.47 Å². The molecule has 0 saturated carbocycles. The lowest BCUT2D eigenvalue weighted by Gasteiger charge is -2.37. The molecule has 1 aromatic carbocycles. The number of quaternary nitrogens is 1. The largest absolute Gasteiger partial charge is 0.870 e. The maximum Gasteiger partial charge on any atom is 0.166 e. The summed E-state index contributed by atoms with van der Waals surface area (Å²) in [5.74, 6) is 1.73. The van der Waals surface area contributed by atoms with E-state index in [1.807, 2.05) is 6.08 Å². The van der Waals surface area contributed by atoms with Crippen LogP contribution in [0.25, 0.3) is 0 Å². The van der Waals surface area contributed by atoms with Crippen molar-refractivity contribution in [2.24, 2.45) is 0 Å². The lowest BCUT2D eigenvalue weighted by atomic mass is 9.69. The molecule has 0 radical (unpaired) electrons. The maximum absolute atomic E-state index is 10.1. The Morgan fingerprint density at radius 2 is 2.19 bits per heavy atom. The molecule has 2 N–H and O–H groups in total. The van der Waals surface area contributed by atoms with Crippen molar-refractivity contribution in [3.05, 3.63) is 35.4 Å². The fraction of sp³-hybridized carbons (Fsp3) is 0.619. The van der Waals surface area contributed by atoms with Gasteiger partial charge in [0.15, 0.2) is 11.5 Å². The molecular weight excluding hydrogens is 330 g/mol. The van der Waals surface area contributed by atoms with E-state index in [4.69, 9.17) is 9.47 Å². The SMILES string of the molecule is CCCC[N+]1(C)CC[C@@]23C=C[C@H](O)C[C@@H]2Oc2c(OC)ccc(c23)C1.[OH-]. The van der Waals surface area contributed by atoms with Crippen molar-refractivity contribution < 1.29 is 24.5 Å². The zero-order valence-electron chi connectivity index (χ0n) is 16.1. The second-order valence-corrected chi connectivity index (χ2v) is 8.27. The molecule has 1 spiro atoms. The summed E-state index contributed by atoms with van der Waals surface area (Å²) in [5, 5.41) is 10.1. The monoisotopic (exact) mass is 361 g/mol. The second-order valence-electron chi connectivity index (χ2n) is 8.27. The zero-order chi connectivity index (χ0) is 17.7. The Bertz CT molecular complexity index is 703. The van der Waals surface area contributed by atoms with E-state index in [1.165, 1.54) is 30.5 Å². The van der Waals surface area contributed by atoms with Crippen molar-refractivity contribution in [1.82, 2.24) is 0 Å². The molecule has 5 heteroatoms. The van der Waals surface area contributed by atoms with E-state index in [-0.39, 0.29) is 17.0 Å². The molecule has 0 bridgehead atoms. The van der Waals surface area contributed by atoms with Crippen molar-refractivity contribution in [2.75, 3.05) is 27.2 Å². The Balaban J connectivity index is 0.00000196. The first-order valence-corrected chi connectivity index (χ1v) is 9.59. The highest BCUT2D eigenvalue weighted by Crippen LogP contribution is 2.56. The van der Waals surface area contributed by atoms with Crippen LogP contribution >= 0.6 is 0 Å². The number of rotatable bonds is 4. The highest BCUT2D eigenvalue weighted by Gasteiger charge is 2.54. The van der Waals surface area contributed by atoms with E-state index in [9.17, 15) is 5.11 Å². The Labute approximate surface area is 156 Å². The lowest BCUT2D eigenvalue weighted by Crippen LogP contribution is -2.47. The third-order valence-electron chi connectivity index (χ3n) is 6.47. The summed E-state index contributed by atoms with van der Waals surface area (Å²) in [4.78, 5) is 0. The van der Waals surface area contributed by atoms with Crippen molar-refractivity contribution in [3.63, 3.8) is 0 Å². The van der Waals surface area contributed by atoms with Gasteiger partial charge in [0, 0.05) is 24.0 Å². The summed E-state index contributed by atoms with van der Waals surface area (Å²) >= 11 is 0. The van der Waals surface area contributed by atoms with Gasteiger partial charge < -0.3 is 24.5 Å². The third-order valence-corrected chi connectivity index (χ3v) is 6.47. The van der Waals surface area contributed by atoms with Gasteiger partial charge in [-0.1, -0.05) is 25.5 Å². The number of aliphatic hydroxyl groups excluding tert-OH is 1. The van der Waals surface area contributed by atoms with Crippen molar-refractivity contribution in [1.29, 1.82) is 0 Å². The number of hydrogen-bond donors (Lipinski definition) is 1. The first-order valence-electron chi connectivity index (χ1n) is 9.59. The molecule has 4 rings (SSSR count). The molecule has 4 atom stereocenters. The molecule has 2 aliphatic heterocycles. The molecule has 2 heterocycles. The molecule has 0 fully saturated rings. The van der Waals surface area contributed by atoms with Crippen molar-refractivity contribution in [3.8, 4) is 11.5 Å². The van der Waals surface area contributed by atoms with Crippen LogP contribution in [0.3, 0.4) is 0 Å². The number of benzene rings is 1. The number of ether oxygens (including phenoxy) is 2. The summed E-state index contributed by atoms with van der Waals surface area (Å²) < 4.78 is 13.1. The molecule has 0 amide bonds. The van der Waals surface area contributed by atoms with E-state index in [0.717, 1.165) is 35.5 Å². The number of unbranched alkanes of at least 4 members (excludes halogenated alkanes) is 1. The molecular formula is C21H31NO4. The topological polar surface area (TPSA) is 68.7 Å². The first-order chi connectivity index (χ1) is 12.0. The Kier molecular flexibility index (Phi) is 5.08. The predicted octanol–water partition coefficient (Wildman–Crippen LogP) is 2.99. The van der Waals surface area contributed by atoms with Crippen LogP contribution in [0.5, 0.6) is 11.5 Å². The van der Waals surface area contributed by atoms with E-state index >= 15 is 0 Å². The van der Waals surface area contributed by atoms with Gasteiger partial charge in [0.25, 0.3) is 0 Å². The summed E-state index contributed by atoms with van der Waals surface area (Å²) in [6.45, 7) is 5.66. The van der Waals surface area contributed by atoms with E-state index in [1.54, 1.807) is 7.11 Å².